The second kappa shape index (κ2) is 5.47. The normalized spacial score (nSPS) is 15.8. The molecule has 102 valence electrons. The van der Waals surface area contributed by atoms with Crippen LogP contribution in [0.4, 0.5) is 18.9 Å². The number of hydrogen-bond donors (Lipinski definition) is 1. The third kappa shape index (κ3) is 3.59. The molecule has 1 amide bonds. The molecule has 1 aliphatic rings. The number of allylic oxidation sites excluding steroid dienone is 1. The quantitative estimate of drug-likeness (QED) is 0.858. The maximum Gasteiger partial charge on any atom is 0.416 e. The van der Waals surface area contributed by atoms with Gasteiger partial charge in [0.05, 0.1) is 5.56 Å². The summed E-state index contributed by atoms with van der Waals surface area (Å²) in [6, 6.07) is 4.46. The topological polar surface area (TPSA) is 29.1 Å². The molecule has 0 fully saturated rings. The van der Waals surface area contributed by atoms with E-state index in [4.69, 9.17) is 0 Å². The highest BCUT2D eigenvalue weighted by molar-refractivity contribution is 6.03. The Labute approximate surface area is 109 Å². The van der Waals surface area contributed by atoms with Crippen molar-refractivity contribution in [1.82, 2.24) is 0 Å². The van der Waals surface area contributed by atoms with Crippen LogP contribution in [0.2, 0.25) is 0 Å². The van der Waals surface area contributed by atoms with Gasteiger partial charge >= 0.3 is 6.18 Å². The monoisotopic (exact) mass is 269 g/mol. The number of hydrogen-bond acceptors (Lipinski definition) is 1. The predicted molar refractivity (Wildman–Crippen MR) is 66.6 cm³/mol. The minimum Gasteiger partial charge on any atom is -0.322 e. The van der Waals surface area contributed by atoms with E-state index >= 15 is 0 Å². The Bertz CT molecular complexity index is 488. The smallest absolute Gasteiger partial charge is 0.322 e. The number of benzene rings is 1. The summed E-state index contributed by atoms with van der Waals surface area (Å²) in [5.41, 5.74) is 0.373. The largest absolute Gasteiger partial charge is 0.416 e. The minimum atomic E-state index is -4.35. The first-order chi connectivity index (χ1) is 8.97. The van der Waals surface area contributed by atoms with Crippen LogP contribution in [0.1, 0.15) is 31.2 Å². The van der Waals surface area contributed by atoms with Crippen molar-refractivity contribution in [1.29, 1.82) is 0 Å². The van der Waals surface area contributed by atoms with Gasteiger partial charge in [-0.1, -0.05) is 6.08 Å². The van der Waals surface area contributed by atoms with Crippen LogP contribution in [-0.4, -0.2) is 5.91 Å². The fraction of sp³-hybridized carbons (Fsp3) is 0.357. The fourth-order valence-corrected chi connectivity index (χ4v) is 2.00. The van der Waals surface area contributed by atoms with Crippen molar-refractivity contribution in [2.24, 2.45) is 0 Å². The molecular formula is C14H14F3NO. The lowest BCUT2D eigenvalue weighted by molar-refractivity contribution is -0.137. The molecule has 0 atom stereocenters. The van der Waals surface area contributed by atoms with Crippen LogP contribution in [0.5, 0.6) is 0 Å². The second-order valence-electron chi connectivity index (χ2n) is 4.50. The van der Waals surface area contributed by atoms with E-state index in [1.165, 1.54) is 12.1 Å². The molecule has 0 unspecified atom stereocenters. The predicted octanol–water partition coefficient (Wildman–Crippen LogP) is 4.14. The van der Waals surface area contributed by atoms with Gasteiger partial charge in [-0.25, -0.2) is 0 Å². The van der Waals surface area contributed by atoms with E-state index < -0.39 is 11.7 Å². The summed E-state index contributed by atoms with van der Waals surface area (Å²) < 4.78 is 37.1. The Morgan fingerprint density at radius 1 is 1.11 bits per heavy atom. The van der Waals surface area contributed by atoms with Crippen molar-refractivity contribution in [3.8, 4) is 0 Å². The number of carbonyl (C=O) groups is 1. The van der Waals surface area contributed by atoms with Crippen molar-refractivity contribution in [3.63, 3.8) is 0 Å². The van der Waals surface area contributed by atoms with Gasteiger partial charge in [-0.05, 0) is 49.9 Å². The Balaban J connectivity index is 2.03. The molecule has 0 saturated carbocycles. The molecule has 2 nitrogen and oxygen atoms in total. The molecule has 2 rings (SSSR count). The molecule has 1 aromatic carbocycles. The lowest BCUT2D eigenvalue weighted by atomic mass is 9.99. The number of carbonyl (C=O) groups excluding carboxylic acids is 1. The zero-order valence-electron chi connectivity index (χ0n) is 10.3. The van der Waals surface area contributed by atoms with Crippen molar-refractivity contribution in [2.75, 3.05) is 5.32 Å². The molecule has 1 aliphatic carbocycles. The van der Waals surface area contributed by atoms with Crippen molar-refractivity contribution in [3.05, 3.63) is 41.5 Å². The number of anilines is 1. The van der Waals surface area contributed by atoms with Crippen molar-refractivity contribution in [2.45, 2.75) is 31.9 Å². The first kappa shape index (κ1) is 13.6. The van der Waals surface area contributed by atoms with Crippen molar-refractivity contribution < 1.29 is 18.0 Å². The van der Waals surface area contributed by atoms with E-state index in [1.54, 1.807) is 0 Å². The first-order valence-electron chi connectivity index (χ1n) is 6.14. The van der Waals surface area contributed by atoms with Gasteiger partial charge in [0.1, 0.15) is 0 Å². The lowest BCUT2D eigenvalue weighted by Gasteiger charge is -2.13. The van der Waals surface area contributed by atoms with Gasteiger partial charge in [-0.15, -0.1) is 0 Å². The molecule has 1 N–H and O–H groups in total. The number of amides is 1. The Hall–Kier alpha value is -1.78. The SMILES string of the molecule is O=C(Nc1ccc(C(F)(F)F)cc1)C1=CCCCC1. The summed E-state index contributed by atoms with van der Waals surface area (Å²) >= 11 is 0. The summed E-state index contributed by atoms with van der Waals surface area (Å²) in [4.78, 5) is 11.8. The summed E-state index contributed by atoms with van der Waals surface area (Å²) in [5, 5.41) is 2.62. The van der Waals surface area contributed by atoms with E-state index in [0.29, 0.717) is 11.3 Å². The summed E-state index contributed by atoms with van der Waals surface area (Å²) in [6.45, 7) is 0. The van der Waals surface area contributed by atoms with Crippen LogP contribution in [0.15, 0.2) is 35.9 Å². The van der Waals surface area contributed by atoms with E-state index in [0.717, 1.165) is 37.8 Å². The standard InChI is InChI=1S/C14H14F3NO/c15-14(16,17)11-6-8-12(9-7-11)18-13(19)10-4-2-1-3-5-10/h4,6-9H,1-3,5H2,(H,18,19). The maximum atomic E-state index is 12.4. The van der Waals surface area contributed by atoms with Gasteiger partial charge in [-0.2, -0.15) is 13.2 Å². The van der Waals surface area contributed by atoms with Gasteiger partial charge in [0.15, 0.2) is 0 Å². The molecule has 5 heteroatoms. The highest BCUT2D eigenvalue weighted by Gasteiger charge is 2.30. The minimum absolute atomic E-state index is 0.223. The molecule has 0 saturated heterocycles. The van der Waals surface area contributed by atoms with E-state index in [9.17, 15) is 18.0 Å². The summed E-state index contributed by atoms with van der Waals surface area (Å²) in [7, 11) is 0. The average Bonchev–Trinajstić information content (AvgIpc) is 2.39. The van der Waals surface area contributed by atoms with Crippen molar-refractivity contribution >= 4 is 11.6 Å². The molecule has 0 bridgehead atoms. The molecule has 0 spiro atoms. The van der Waals surface area contributed by atoms with Crippen LogP contribution in [-0.2, 0) is 11.0 Å². The molecule has 0 aromatic heterocycles. The second-order valence-corrected chi connectivity index (χ2v) is 4.50. The molecule has 19 heavy (non-hydrogen) atoms. The molecular weight excluding hydrogens is 255 g/mol. The van der Waals surface area contributed by atoms with E-state index in [1.807, 2.05) is 6.08 Å². The van der Waals surface area contributed by atoms with Crippen LogP contribution in [0.3, 0.4) is 0 Å². The Kier molecular flexibility index (Phi) is 3.93. The molecule has 0 radical (unpaired) electrons. The number of nitrogens with one attached hydrogen (secondary N) is 1. The average molecular weight is 269 g/mol. The van der Waals surface area contributed by atoms with Crippen LogP contribution >= 0.6 is 0 Å². The highest BCUT2D eigenvalue weighted by Crippen LogP contribution is 2.30. The van der Waals surface area contributed by atoms with Crippen LogP contribution in [0, 0.1) is 0 Å². The Morgan fingerprint density at radius 2 is 1.79 bits per heavy atom. The van der Waals surface area contributed by atoms with Crippen LogP contribution < -0.4 is 5.32 Å². The third-order valence-electron chi connectivity index (χ3n) is 3.05. The first-order valence-corrected chi connectivity index (χ1v) is 6.14. The third-order valence-corrected chi connectivity index (χ3v) is 3.05. The molecule has 0 heterocycles. The molecule has 1 aromatic rings. The lowest BCUT2D eigenvalue weighted by Crippen LogP contribution is -2.16. The zero-order chi connectivity index (χ0) is 13.9. The Morgan fingerprint density at radius 3 is 2.32 bits per heavy atom. The maximum absolute atomic E-state index is 12.4. The van der Waals surface area contributed by atoms with Gasteiger partial charge in [-0.3, -0.25) is 4.79 Å². The molecule has 0 aliphatic heterocycles. The van der Waals surface area contributed by atoms with E-state index in [-0.39, 0.29) is 5.91 Å². The van der Waals surface area contributed by atoms with E-state index in [2.05, 4.69) is 5.32 Å². The fourth-order valence-electron chi connectivity index (χ4n) is 2.00. The summed E-state index contributed by atoms with van der Waals surface area (Å²) in [5.74, 6) is -0.223. The number of alkyl halides is 3. The van der Waals surface area contributed by atoms with Gasteiger partial charge in [0.25, 0.3) is 5.91 Å². The number of halogens is 3. The number of rotatable bonds is 2. The summed E-state index contributed by atoms with van der Waals surface area (Å²) in [6.07, 6.45) is 1.21. The zero-order valence-corrected chi connectivity index (χ0v) is 10.3. The van der Waals surface area contributed by atoms with Gasteiger partial charge < -0.3 is 5.32 Å². The van der Waals surface area contributed by atoms with Gasteiger partial charge in [0, 0.05) is 11.3 Å². The van der Waals surface area contributed by atoms with Crippen LogP contribution in [0.25, 0.3) is 0 Å². The highest BCUT2D eigenvalue weighted by atomic mass is 19.4. The van der Waals surface area contributed by atoms with Gasteiger partial charge in [0.2, 0.25) is 0 Å².